The SMILES string of the molecule is CN(CC1CCCCC1)S(=O)(=O)C1=Cc2ccccc2CC1. The number of rotatable bonds is 4. The summed E-state index contributed by atoms with van der Waals surface area (Å²) in [5.74, 6) is 0.532. The molecule has 0 atom stereocenters. The summed E-state index contributed by atoms with van der Waals surface area (Å²) in [6, 6.07) is 8.07. The van der Waals surface area contributed by atoms with Gasteiger partial charge in [0.15, 0.2) is 0 Å². The van der Waals surface area contributed by atoms with E-state index in [1.807, 2.05) is 24.3 Å². The molecule has 1 aromatic rings. The first-order valence-corrected chi connectivity index (χ1v) is 9.76. The molecule has 0 unspecified atom stereocenters. The van der Waals surface area contributed by atoms with Gasteiger partial charge >= 0.3 is 0 Å². The number of nitrogens with zero attached hydrogens (tertiary/aromatic N) is 1. The van der Waals surface area contributed by atoms with Gasteiger partial charge in [0.1, 0.15) is 0 Å². The summed E-state index contributed by atoms with van der Waals surface area (Å²) >= 11 is 0. The highest BCUT2D eigenvalue weighted by atomic mass is 32.2. The number of fused-ring (bicyclic) bond motifs is 1. The van der Waals surface area contributed by atoms with Gasteiger partial charge in [0.2, 0.25) is 10.0 Å². The molecular formula is C18H25NO2S. The van der Waals surface area contributed by atoms with E-state index < -0.39 is 10.0 Å². The first kappa shape index (κ1) is 15.8. The van der Waals surface area contributed by atoms with Crippen LogP contribution >= 0.6 is 0 Å². The van der Waals surface area contributed by atoms with Crippen molar-refractivity contribution in [2.24, 2.45) is 5.92 Å². The molecule has 0 aliphatic heterocycles. The number of benzene rings is 1. The Balaban J connectivity index is 1.76. The fourth-order valence-electron chi connectivity index (χ4n) is 3.64. The van der Waals surface area contributed by atoms with Crippen LogP contribution in [0.3, 0.4) is 0 Å². The maximum Gasteiger partial charge on any atom is 0.238 e. The molecule has 3 nitrogen and oxygen atoms in total. The van der Waals surface area contributed by atoms with Gasteiger partial charge in [-0.25, -0.2) is 12.7 Å². The molecule has 2 aliphatic carbocycles. The Morgan fingerprint density at radius 1 is 1.09 bits per heavy atom. The molecule has 3 rings (SSSR count). The van der Waals surface area contributed by atoms with E-state index in [1.54, 1.807) is 11.4 Å². The van der Waals surface area contributed by atoms with Crippen LogP contribution < -0.4 is 0 Å². The molecule has 0 amide bonds. The van der Waals surface area contributed by atoms with Crippen LogP contribution in [0.1, 0.15) is 49.7 Å². The summed E-state index contributed by atoms with van der Waals surface area (Å²) in [5, 5.41) is 0. The van der Waals surface area contributed by atoms with Crippen LogP contribution in [0.15, 0.2) is 29.2 Å². The minimum Gasteiger partial charge on any atom is -0.207 e. The molecule has 2 aliphatic rings. The normalized spacial score (nSPS) is 19.8. The van der Waals surface area contributed by atoms with Crippen molar-refractivity contribution in [3.05, 3.63) is 40.3 Å². The Labute approximate surface area is 134 Å². The van der Waals surface area contributed by atoms with E-state index in [9.17, 15) is 8.42 Å². The number of allylic oxidation sites excluding steroid dienone is 1. The molecule has 4 heteroatoms. The number of aryl methyl sites for hydroxylation is 1. The second kappa shape index (κ2) is 6.55. The quantitative estimate of drug-likeness (QED) is 0.846. The molecule has 0 N–H and O–H groups in total. The summed E-state index contributed by atoms with van der Waals surface area (Å²) in [4.78, 5) is 0.574. The second-order valence-electron chi connectivity index (χ2n) is 6.60. The molecule has 0 heterocycles. The van der Waals surface area contributed by atoms with Crippen LogP contribution in [0.4, 0.5) is 0 Å². The van der Waals surface area contributed by atoms with Crippen molar-refractivity contribution in [3.8, 4) is 0 Å². The number of sulfonamides is 1. The largest absolute Gasteiger partial charge is 0.238 e. The lowest BCUT2D eigenvalue weighted by Gasteiger charge is -2.28. The Bertz CT molecular complexity index is 657. The van der Waals surface area contributed by atoms with Crippen molar-refractivity contribution in [2.75, 3.05) is 13.6 Å². The zero-order chi connectivity index (χ0) is 15.6. The van der Waals surface area contributed by atoms with E-state index in [-0.39, 0.29) is 0 Å². The second-order valence-corrected chi connectivity index (χ2v) is 8.70. The average molecular weight is 319 g/mol. The van der Waals surface area contributed by atoms with Crippen LogP contribution in [0, 0.1) is 5.92 Å². The Hall–Kier alpha value is -1.13. The number of hydrogen-bond donors (Lipinski definition) is 0. The standard InChI is InChI=1S/C18H25NO2S/c1-19(14-15-7-3-2-4-8-15)22(20,21)18-12-11-16-9-5-6-10-17(16)13-18/h5-6,9-10,13,15H,2-4,7-8,11-12,14H2,1H3. The van der Waals surface area contributed by atoms with Crippen molar-refractivity contribution in [3.63, 3.8) is 0 Å². The van der Waals surface area contributed by atoms with E-state index in [1.165, 1.54) is 37.7 Å². The smallest absolute Gasteiger partial charge is 0.207 e. The first-order chi connectivity index (χ1) is 10.6. The predicted octanol–water partition coefficient (Wildman–Crippen LogP) is 3.82. The van der Waals surface area contributed by atoms with Gasteiger partial charge in [-0.05, 0) is 48.8 Å². The zero-order valence-corrected chi connectivity index (χ0v) is 14.1. The average Bonchev–Trinajstić information content (AvgIpc) is 2.55. The van der Waals surface area contributed by atoms with Crippen LogP contribution in [-0.2, 0) is 16.4 Å². The molecule has 1 saturated carbocycles. The fraction of sp³-hybridized carbons (Fsp3) is 0.556. The van der Waals surface area contributed by atoms with Crippen LogP contribution in [0.2, 0.25) is 0 Å². The van der Waals surface area contributed by atoms with Crippen molar-refractivity contribution >= 4 is 16.1 Å². The molecular weight excluding hydrogens is 294 g/mol. The minimum atomic E-state index is -3.31. The Kier molecular flexibility index (Phi) is 4.69. The van der Waals surface area contributed by atoms with Crippen molar-refractivity contribution in [1.82, 2.24) is 4.31 Å². The fourth-order valence-corrected chi connectivity index (χ4v) is 5.08. The summed E-state index contributed by atoms with van der Waals surface area (Å²) < 4.78 is 27.2. The third-order valence-electron chi connectivity index (χ3n) is 4.99. The van der Waals surface area contributed by atoms with Crippen molar-refractivity contribution < 1.29 is 8.42 Å². The maximum atomic E-state index is 12.8. The lowest BCUT2D eigenvalue weighted by atomic mass is 9.89. The molecule has 0 saturated heterocycles. The Morgan fingerprint density at radius 2 is 1.82 bits per heavy atom. The van der Waals surface area contributed by atoms with Crippen molar-refractivity contribution in [1.29, 1.82) is 0 Å². The highest BCUT2D eigenvalue weighted by molar-refractivity contribution is 7.93. The third-order valence-corrected chi connectivity index (χ3v) is 6.95. The minimum absolute atomic E-state index is 0.532. The molecule has 0 bridgehead atoms. The van der Waals surface area contributed by atoms with E-state index in [4.69, 9.17) is 0 Å². The van der Waals surface area contributed by atoms with Gasteiger partial charge in [-0.3, -0.25) is 0 Å². The molecule has 22 heavy (non-hydrogen) atoms. The Morgan fingerprint density at radius 3 is 2.59 bits per heavy atom. The van der Waals surface area contributed by atoms with Gasteiger partial charge in [-0.15, -0.1) is 0 Å². The molecule has 0 spiro atoms. The monoisotopic (exact) mass is 319 g/mol. The summed E-state index contributed by atoms with van der Waals surface area (Å²) in [5.41, 5.74) is 2.30. The van der Waals surface area contributed by atoms with E-state index in [0.29, 0.717) is 23.8 Å². The molecule has 0 aromatic heterocycles. The van der Waals surface area contributed by atoms with Gasteiger partial charge in [-0.1, -0.05) is 43.5 Å². The molecule has 1 aromatic carbocycles. The van der Waals surface area contributed by atoms with Gasteiger partial charge in [-0.2, -0.15) is 0 Å². The summed E-state index contributed by atoms with van der Waals surface area (Å²) in [6.07, 6.45) is 9.43. The van der Waals surface area contributed by atoms with Gasteiger partial charge in [0, 0.05) is 13.6 Å². The summed E-state index contributed by atoms with van der Waals surface area (Å²) in [6.45, 7) is 0.668. The first-order valence-electron chi connectivity index (χ1n) is 8.32. The lowest BCUT2D eigenvalue weighted by Crippen LogP contribution is -2.34. The van der Waals surface area contributed by atoms with Crippen molar-refractivity contribution in [2.45, 2.75) is 44.9 Å². The molecule has 1 fully saturated rings. The van der Waals surface area contributed by atoms with Gasteiger partial charge in [0.25, 0.3) is 0 Å². The van der Waals surface area contributed by atoms with Crippen LogP contribution in [0.5, 0.6) is 0 Å². The number of hydrogen-bond acceptors (Lipinski definition) is 2. The maximum absolute atomic E-state index is 12.8. The van der Waals surface area contributed by atoms with Gasteiger partial charge in [0.05, 0.1) is 4.91 Å². The predicted molar refractivity (Wildman–Crippen MR) is 90.9 cm³/mol. The third kappa shape index (κ3) is 3.28. The highest BCUT2D eigenvalue weighted by Gasteiger charge is 2.28. The van der Waals surface area contributed by atoms with E-state index in [0.717, 1.165) is 12.0 Å². The summed E-state index contributed by atoms with van der Waals surface area (Å²) in [7, 11) is -1.57. The van der Waals surface area contributed by atoms with Crippen LogP contribution in [0.25, 0.3) is 6.08 Å². The topological polar surface area (TPSA) is 37.4 Å². The lowest BCUT2D eigenvalue weighted by molar-refractivity contribution is 0.301. The zero-order valence-electron chi connectivity index (χ0n) is 13.3. The van der Waals surface area contributed by atoms with Crippen LogP contribution in [-0.4, -0.2) is 26.3 Å². The van der Waals surface area contributed by atoms with Gasteiger partial charge < -0.3 is 0 Å². The van der Waals surface area contributed by atoms with E-state index >= 15 is 0 Å². The highest BCUT2D eigenvalue weighted by Crippen LogP contribution is 2.30. The molecule has 120 valence electrons. The van der Waals surface area contributed by atoms with E-state index in [2.05, 4.69) is 6.07 Å². The molecule has 0 radical (unpaired) electrons.